The van der Waals surface area contributed by atoms with Crippen molar-refractivity contribution in [1.29, 1.82) is 0 Å². The number of aromatic nitrogens is 1. The molecule has 0 aliphatic heterocycles. The van der Waals surface area contributed by atoms with Gasteiger partial charge in [0.2, 0.25) is 0 Å². The second kappa shape index (κ2) is 7.19. The third kappa shape index (κ3) is 3.04. The zero-order valence-electron chi connectivity index (χ0n) is 16.7. The minimum absolute atomic E-state index is 0.742. The molecule has 3 heteroatoms. The van der Waals surface area contributed by atoms with E-state index in [4.69, 9.17) is 11.6 Å². The molecule has 0 bridgehead atoms. The van der Waals surface area contributed by atoms with Gasteiger partial charge < -0.3 is 9.88 Å². The maximum atomic E-state index is 6.85. The van der Waals surface area contributed by atoms with Crippen LogP contribution in [-0.2, 0) is 0 Å². The van der Waals surface area contributed by atoms with E-state index in [1.165, 1.54) is 10.8 Å². The summed E-state index contributed by atoms with van der Waals surface area (Å²) in [5.41, 5.74) is 5.36. The predicted octanol–water partition coefficient (Wildman–Crippen LogP) is 8.33. The molecule has 0 aliphatic rings. The van der Waals surface area contributed by atoms with Crippen molar-refractivity contribution < 1.29 is 0 Å². The molecule has 0 radical (unpaired) electrons. The number of benzene rings is 5. The van der Waals surface area contributed by atoms with Gasteiger partial charge in [0, 0.05) is 27.8 Å². The Balaban J connectivity index is 1.56. The number of para-hydroxylation sites is 2. The number of nitrogens with zero attached hydrogens (tertiary/aromatic N) is 1. The predicted molar refractivity (Wildman–Crippen MR) is 133 cm³/mol. The average molecular weight is 419 g/mol. The second-order valence-corrected chi connectivity index (χ2v) is 8.13. The number of anilines is 2. The van der Waals surface area contributed by atoms with Gasteiger partial charge in [-0.15, -0.1) is 0 Å². The van der Waals surface area contributed by atoms with Crippen LogP contribution in [0.15, 0.2) is 109 Å². The Bertz CT molecular complexity index is 1560. The zero-order chi connectivity index (χ0) is 20.8. The van der Waals surface area contributed by atoms with E-state index in [2.05, 4.69) is 107 Å². The lowest BCUT2D eigenvalue weighted by atomic mass is 10.1. The van der Waals surface area contributed by atoms with Gasteiger partial charge in [0.1, 0.15) is 0 Å². The summed E-state index contributed by atoms with van der Waals surface area (Å²) in [6.07, 6.45) is 0. The minimum atomic E-state index is 0.742. The van der Waals surface area contributed by atoms with Crippen molar-refractivity contribution in [3.8, 4) is 5.69 Å². The summed E-state index contributed by atoms with van der Waals surface area (Å²) in [7, 11) is 0. The lowest BCUT2D eigenvalue weighted by Crippen LogP contribution is -1.95. The topological polar surface area (TPSA) is 17.0 Å². The number of halogens is 1. The third-order valence-corrected chi connectivity index (χ3v) is 6.08. The van der Waals surface area contributed by atoms with E-state index in [1.807, 2.05) is 12.1 Å². The molecule has 0 aliphatic carbocycles. The van der Waals surface area contributed by atoms with Gasteiger partial charge in [-0.05, 0) is 53.2 Å². The summed E-state index contributed by atoms with van der Waals surface area (Å²) in [6, 6.07) is 37.8. The van der Waals surface area contributed by atoms with E-state index in [9.17, 15) is 0 Å². The number of hydrogen-bond donors (Lipinski definition) is 1. The lowest BCUT2D eigenvalue weighted by molar-refractivity contribution is 1.18. The van der Waals surface area contributed by atoms with Crippen molar-refractivity contribution >= 4 is 55.6 Å². The Morgan fingerprint density at radius 2 is 1.32 bits per heavy atom. The summed E-state index contributed by atoms with van der Waals surface area (Å²) in [4.78, 5) is 0. The largest absolute Gasteiger partial charge is 0.355 e. The van der Waals surface area contributed by atoms with E-state index in [0.29, 0.717) is 0 Å². The maximum Gasteiger partial charge on any atom is 0.0576 e. The summed E-state index contributed by atoms with van der Waals surface area (Å²) >= 11 is 6.85. The molecule has 2 nitrogen and oxygen atoms in total. The monoisotopic (exact) mass is 418 g/mol. The Morgan fingerprint density at radius 3 is 2.19 bits per heavy atom. The van der Waals surface area contributed by atoms with Crippen molar-refractivity contribution in [1.82, 2.24) is 4.57 Å². The Morgan fingerprint density at radius 1 is 0.581 bits per heavy atom. The normalized spacial score (nSPS) is 11.4. The van der Waals surface area contributed by atoms with Crippen LogP contribution in [0.25, 0.3) is 38.3 Å². The molecule has 5 aromatic carbocycles. The SMILES string of the molecule is Clc1cc(Nc2ccc3ccccc3c2)cc2c1c1ccccc1n2-c1ccccc1. The van der Waals surface area contributed by atoms with Gasteiger partial charge in [0.25, 0.3) is 0 Å². The first kappa shape index (κ1) is 18.1. The highest BCUT2D eigenvalue weighted by molar-refractivity contribution is 6.38. The van der Waals surface area contributed by atoms with E-state index >= 15 is 0 Å². The fraction of sp³-hybridized carbons (Fsp3) is 0. The molecule has 0 saturated heterocycles. The van der Waals surface area contributed by atoms with Crippen molar-refractivity contribution in [3.63, 3.8) is 0 Å². The Labute approximate surface area is 185 Å². The summed E-state index contributed by atoms with van der Waals surface area (Å²) in [6.45, 7) is 0. The number of rotatable bonds is 3. The standard InChI is InChI=1S/C28H19ClN2/c29-25-17-22(30-21-15-14-19-8-4-5-9-20(19)16-21)18-27-28(25)24-12-6-7-13-26(24)31(27)23-10-2-1-3-11-23/h1-18,30H. The highest BCUT2D eigenvalue weighted by atomic mass is 35.5. The lowest BCUT2D eigenvalue weighted by Gasteiger charge is -2.11. The average Bonchev–Trinajstić information content (AvgIpc) is 3.14. The smallest absolute Gasteiger partial charge is 0.0576 e. The van der Waals surface area contributed by atoms with Crippen LogP contribution < -0.4 is 5.32 Å². The van der Waals surface area contributed by atoms with E-state index < -0.39 is 0 Å². The van der Waals surface area contributed by atoms with Gasteiger partial charge in [-0.25, -0.2) is 0 Å². The van der Waals surface area contributed by atoms with Gasteiger partial charge in [-0.2, -0.15) is 0 Å². The van der Waals surface area contributed by atoms with Crippen LogP contribution in [0, 0.1) is 0 Å². The molecule has 1 aromatic heterocycles. The molecule has 31 heavy (non-hydrogen) atoms. The van der Waals surface area contributed by atoms with Crippen LogP contribution in [0.2, 0.25) is 5.02 Å². The van der Waals surface area contributed by atoms with Crippen LogP contribution >= 0.6 is 11.6 Å². The van der Waals surface area contributed by atoms with Gasteiger partial charge >= 0.3 is 0 Å². The Kier molecular flexibility index (Phi) is 4.19. The fourth-order valence-corrected chi connectivity index (χ4v) is 4.72. The quantitative estimate of drug-likeness (QED) is 0.305. The number of fused-ring (bicyclic) bond motifs is 4. The first-order chi connectivity index (χ1) is 15.3. The Hall–Kier alpha value is -3.75. The van der Waals surface area contributed by atoms with Crippen LogP contribution in [0.5, 0.6) is 0 Å². The van der Waals surface area contributed by atoms with Gasteiger partial charge in [-0.1, -0.05) is 78.3 Å². The summed E-state index contributed by atoms with van der Waals surface area (Å²) in [5, 5.41) is 8.96. The highest BCUT2D eigenvalue weighted by Crippen LogP contribution is 2.39. The molecule has 0 saturated carbocycles. The van der Waals surface area contributed by atoms with Gasteiger partial charge in [0.15, 0.2) is 0 Å². The molecule has 0 spiro atoms. The highest BCUT2D eigenvalue weighted by Gasteiger charge is 2.15. The van der Waals surface area contributed by atoms with E-state index in [0.717, 1.165) is 43.9 Å². The number of hydrogen-bond acceptors (Lipinski definition) is 1. The molecule has 1 N–H and O–H groups in total. The number of nitrogens with one attached hydrogen (secondary N) is 1. The van der Waals surface area contributed by atoms with Crippen molar-refractivity contribution in [2.75, 3.05) is 5.32 Å². The fourth-order valence-electron chi connectivity index (χ4n) is 4.41. The molecule has 6 rings (SSSR count). The molecule has 0 unspecified atom stereocenters. The zero-order valence-corrected chi connectivity index (χ0v) is 17.5. The molecule has 6 aromatic rings. The van der Waals surface area contributed by atoms with Crippen molar-refractivity contribution in [3.05, 3.63) is 114 Å². The maximum absolute atomic E-state index is 6.85. The molecule has 0 fully saturated rings. The van der Waals surface area contributed by atoms with Crippen molar-refractivity contribution in [2.45, 2.75) is 0 Å². The molecular weight excluding hydrogens is 400 g/mol. The van der Waals surface area contributed by atoms with Gasteiger partial charge in [0.05, 0.1) is 16.1 Å². The van der Waals surface area contributed by atoms with E-state index in [1.54, 1.807) is 0 Å². The van der Waals surface area contributed by atoms with E-state index in [-0.39, 0.29) is 0 Å². The second-order valence-electron chi connectivity index (χ2n) is 7.73. The van der Waals surface area contributed by atoms with Gasteiger partial charge in [-0.3, -0.25) is 0 Å². The summed E-state index contributed by atoms with van der Waals surface area (Å²) < 4.78 is 2.28. The molecular formula is C28H19ClN2. The molecule has 1 heterocycles. The van der Waals surface area contributed by atoms with Crippen LogP contribution in [-0.4, -0.2) is 4.57 Å². The van der Waals surface area contributed by atoms with Crippen LogP contribution in [0.3, 0.4) is 0 Å². The minimum Gasteiger partial charge on any atom is -0.355 e. The first-order valence-corrected chi connectivity index (χ1v) is 10.7. The first-order valence-electron chi connectivity index (χ1n) is 10.3. The molecule has 0 atom stereocenters. The molecule has 148 valence electrons. The van der Waals surface area contributed by atoms with Crippen LogP contribution in [0.4, 0.5) is 11.4 Å². The third-order valence-electron chi connectivity index (χ3n) is 5.78. The summed E-state index contributed by atoms with van der Waals surface area (Å²) in [5.74, 6) is 0. The molecule has 0 amide bonds. The van der Waals surface area contributed by atoms with Crippen molar-refractivity contribution in [2.24, 2.45) is 0 Å². The van der Waals surface area contributed by atoms with Crippen LogP contribution in [0.1, 0.15) is 0 Å².